The van der Waals surface area contributed by atoms with E-state index in [0.29, 0.717) is 24.1 Å². The van der Waals surface area contributed by atoms with Gasteiger partial charge in [0.25, 0.3) is 5.91 Å². The molecule has 2 heterocycles. The summed E-state index contributed by atoms with van der Waals surface area (Å²) >= 11 is 0. The number of fused-ring (bicyclic) bond motifs is 1. The lowest BCUT2D eigenvalue weighted by molar-refractivity contribution is 0.101. The maximum Gasteiger partial charge on any atom is 0.276 e. The maximum absolute atomic E-state index is 13.4. The van der Waals surface area contributed by atoms with Crippen molar-refractivity contribution in [3.8, 4) is 5.75 Å². The van der Waals surface area contributed by atoms with Crippen LogP contribution in [0.15, 0.2) is 29.3 Å². The molecule has 9 heteroatoms. The minimum Gasteiger partial charge on any atom is -0.488 e. The zero-order valence-corrected chi connectivity index (χ0v) is 15.1. The van der Waals surface area contributed by atoms with Crippen molar-refractivity contribution in [1.82, 2.24) is 9.29 Å². The average Bonchev–Trinajstić information content (AvgIpc) is 3.23. The standard InChI is InChI=1S/C17H18FN3O4S/c1-10-7-11(3-4-12(10)18)19-16(22)14-15-13(8-21(14)2)26(23,24)20-17(5-6-17)9-25-15/h3-4,7-8,20H,5-6,9H2,1-2H3,(H,19,22). The number of carbonyl (C=O) groups is 1. The Hall–Kier alpha value is -2.39. The van der Waals surface area contributed by atoms with Gasteiger partial charge in [-0.05, 0) is 43.5 Å². The van der Waals surface area contributed by atoms with Crippen LogP contribution in [0.1, 0.15) is 28.9 Å². The number of amides is 1. The molecule has 7 nitrogen and oxygen atoms in total. The van der Waals surface area contributed by atoms with Gasteiger partial charge in [-0.3, -0.25) is 4.79 Å². The number of nitrogens with zero attached hydrogens (tertiary/aromatic N) is 1. The Balaban J connectivity index is 1.70. The zero-order chi connectivity index (χ0) is 18.7. The van der Waals surface area contributed by atoms with E-state index < -0.39 is 21.5 Å². The first-order chi connectivity index (χ1) is 12.2. The molecule has 0 saturated heterocycles. The lowest BCUT2D eigenvalue weighted by Crippen LogP contribution is -2.39. The van der Waals surface area contributed by atoms with Crippen molar-refractivity contribution in [2.75, 3.05) is 11.9 Å². The first-order valence-corrected chi connectivity index (χ1v) is 9.63. The molecule has 26 heavy (non-hydrogen) atoms. The molecule has 2 N–H and O–H groups in total. The summed E-state index contributed by atoms with van der Waals surface area (Å²) in [5.41, 5.74) is 0.347. The summed E-state index contributed by atoms with van der Waals surface area (Å²) in [6, 6.07) is 4.21. The molecule has 1 aliphatic carbocycles. The van der Waals surface area contributed by atoms with Gasteiger partial charge in [0.2, 0.25) is 10.0 Å². The minimum atomic E-state index is -3.77. The molecule has 0 atom stereocenters. The van der Waals surface area contributed by atoms with Crippen LogP contribution in [0.5, 0.6) is 5.75 Å². The highest BCUT2D eigenvalue weighted by atomic mass is 32.2. The highest BCUT2D eigenvalue weighted by molar-refractivity contribution is 7.89. The molecule has 1 aromatic heterocycles. The molecule has 2 aliphatic rings. The lowest BCUT2D eigenvalue weighted by Gasteiger charge is -2.13. The van der Waals surface area contributed by atoms with Crippen molar-refractivity contribution in [3.05, 3.63) is 41.5 Å². The number of hydrogen-bond acceptors (Lipinski definition) is 4. The Labute approximate surface area is 150 Å². The molecule has 0 unspecified atom stereocenters. The van der Waals surface area contributed by atoms with Gasteiger partial charge in [-0.15, -0.1) is 0 Å². The number of carbonyl (C=O) groups excluding carboxylic acids is 1. The molecule has 1 spiro atoms. The monoisotopic (exact) mass is 379 g/mol. The highest BCUT2D eigenvalue weighted by Crippen LogP contribution is 2.42. The maximum atomic E-state index is 13.4. The summed E-state index contributed by atoms with van der Waals surface area (Å²) in [6.07, 6.45) is 2.78. The fourth-order valence-electron chi connectivity index (χ4n) is 3.06. The normalized spacial score (nSPS) is 19.3. The third-order valence-electron chi connectivity index (χ3n) is 4.72. The van der Waals surface area contributed by atoms with Gasteiger partial charge in [-0.25, -0.2) is 17.5 Å². The fraction of sp³-hybridized carbons (Fsp3) is 0.353. The van der Waals surface area contributed by atoms with Gasteiger partial charge < -0.3 is 14.6 Å². The molecular weight excluding hydrogens is 361 g/mol. The number of rotatable bonds is 2. The van der Waals surface area contributed by atoms with Gasteiger partial charge in [0, 0.05) is 18.9 Å². The van der Waals surface area contributed by atoms with E-state index in [1.54, 1.807) is 14.0 Å². The van der Waals surface area contributed by atoms with Crippen LogP contribution < -0.4 is 14.8 Å². The second kappa shape index (κ2) is 5.55. The molecule has 1 aromatic carbocycles. The quantitative estimate of drug-likeness (QED) is 0.834. The third kappa shape index (κ3) is 2.77. The largest absolute Gasteiger partial charge is 0.488 e. The van der Waals surface area contributed by atoms with Crippen LogP contribution in [-0.2, 0) is 17.1 Å². The van der Waals surface area contributed by atoms with E-state index in [0.717, 1.165) is 0 Å². The number of benzene rings is 1. The average molecular weight is 379 g/mol. The van der Waals surface area contributed by atoms with Crippen LogP contribution in [0.2, 0.25) is 0 Å². The summed E-state index contributed by atoms with van der Waals surface area (Å²) < 4.78 is 48.4. The smallest absolute Gasteiger partial charge is 0.276 e. The minimum absolute atomic E-state index is 0.0418. The van der Waals surface area contributed by atoms with Gasteiger partial charge in [0.15, 0.2) is 11.4 Å². The number of ether oxygens (including phenoxy) is 1. The number of hydrogen-bond donors (Lipinski definition) is 2. The van der Waals surface area contributed by atoms with Crippen LogP contribution in [0.3, 0.4) is 0 Å². The molecule has 0 bridgehead atoms. The number of aryl methyl sites for hydroxylation is 2. The van der Waals surface area contributed by atoms with Crippen molar-refractivity contribution in [3.63, 3.8) is 0 Å². The summed E-state index contributed by atoms with van der Waals surface area (Å²) in [5.74, 6) is -0.854. The van der Waals surface area contributed by atoms with Crippen LogP contribution in [0.25, 0.3) is 0 Å². The zero-order valence-electron chi connectivity index (χ0n) is 14.3. The number of halogens is 1. The molecule has 1 aliphatic heterocycles. The first kappa shape index (κ1) is 17.0. The van der Waals surface area contributed by atoms with E-state index in [1.165, 1.54) is 29.0 Å². The fourth-order valence-corrected chi connectivity index (χ4v) is 4.70. The molecule has 1 saturated carbocycles. The van der Waals surface area contributed by atoms with Crippen LogP contribution >= 0.6 is 0 Å². The molecule has 1 fully saturated rings. The van der Waals surface area contributed by atoms with Crippen molar-refractivity contribution < 1.29 is 22.3 Å². The lowest BCUT2D eigenvalue weighted by atomic mass is 10.2. The topological polar surface area (TPSA) is 89.4 Å². The summed E-state index contributed by atoms with van der Waals surface area (Å²) in [5, 5.41) is 2.67. The van der Waals surface area contributed by atoms with E-state index in [4.69, 9.17) is 4.74 Å². The Morgan fingerprint density at radius 3 is 2.77 bits per heavy atom. The van der Waals surface area contributed by atoms with Gasteiger partial charge in [-0.2, -0.15) is 0 Å². The first-order valence-electron chi connectivity index (χ1n) is 8.14. The molecule has 4 rings (SSSR count). The Morgan fingerprint density at radius 1 is 1.38 bits per heavy atom. The highest BCUT2D eigenvalue weighted by Gasteiger charge is 2.50. The number of anilines is 1. The molecular formula is C17H18FN3O4S. The SMILES string of the molecule is Cc1cc(NC(=O)c2c3c(cn2C)S(=O)(=O)NC2(CC2)CO3)ccc1F. The van der Waals surface area contributed by atoms with Crippen molar-refractivity contribution in [2.45, 2.75) is 30.2 Å². The van der Waals surface area contributed by atoms with Gasteiger partial charge >= 0.3 is 0 Å². The molecule has 138 valence electrons. The van der Waals surface area contributed by atoms with Crippen molar-refractivity contribution in [2.24, 2.45) is 7.05 Å². The predicted octanol–water partition coefficient (Wildman–Crippen LogP) is 1.93. The number of nitrogens with one attached hydrogen (secondary N) is 2. The second-order valence-electron chi connectivity index (χ2n) is 6.87. The number of sulfonamides is 1. The third-order valence-corrected chi connectivity index (χ3v) is 6.29. The summed E-state index contributed by atoms with van der Waals surface area (Å²) in [6.45, 7) is 1.77. The van der Waals surface area contributed by atoms with E-state index in [2.05, 4.69) is 10.0 Å². The summed E-state index contributed by atoms with van der Waals surface area (Å²) in [7, 11) is -2.19. The van der Waals surface area contributed by atoms with E-state index in [1.807, 2.05) is 0 Å². The van der Waals surface area contributed by atoms with E-state index in [-0.39, 0.29) is 28.8 Å². The second-order valence-corrected chi connectivity index (χ2v) is 8.53. The Morgan fingerprint density at radius 2 is 2.12 bits per heavy atom. The summed E-state index contributed by atoms with van der Waals surface area (Å²) in [4.78, 5) is 12.7. The van der Waals surface area contributed by atoms with Gasteiger partial charge in [0.05, 0.1) is 5.54 Å². The predicted molar refractivity (Wildman–Crippen MR) is 92.3 cm³/mol. The van der Waals surface area contributed by atoms with E-state index in [9.17, 15) is 17.6 Å². The van der Waals surface area contributed by atoms with Crippen molar-refractivity contribution >= 4 is 21.6 Å². The van der Waals surface area contributed by atoms with Crippen LogP contribution in [-0.4, -0.2) is 31.0 Å². The van der Waals surface area contributed by atoms with E-state index >= 15 is 0 Å². The van der Waals surface area contributed by atoms with Gasteiger partial charge in [-0.1, -0.05) is 0 Å². The van der Waals surface area contributed by atoms with Crippen LogP contribution in [0, 0.1) is 12.7 Å². The number of aromatic nitrogens is 1. The Kier molecular flexibility index (Phi) is 3.64. The molecule has 2 aromatic rings. The molecule has 0 radical (unpaired) electrons. The van der Waals surface area contributed by atoms with Crippen molar-refractivity contribution in [1.29, 1.82) is 0 Å². The molecule has 1 amide bonds. The van der Waals surface area contributed by atoms with Crippen LogP contribution in [0.4, 0.5) is 10.1 Å². The Bertz CT molecular complexity index is 1020. The van der Waals surface area contributed by atoms with Gasteiger partial charge in [0.1, 0.15) is 17.3 Å².